The third kappa shape index (κ3) is 2.29. The molecule has 6 rings (SSSR count). The molecule has 0 bridgehead atoms. The first-order valence-corrected chi connectivity index (χ1v) is 9.86. The van der Waals surface area contributed by atoms with Crippen molar-refractivity contribution in [2.24, 2.45) is 0 Å². The molecule has 0 aliphatic heterocycles. The van der Waals surface area contributed by atoms with Crippen molar-refractivity contribution in [1.29, 1.82) is 0 Å². The minimum atomic E-state index is 0.951. The van der Waals surface area contributed by atoms with E-state index in [-0.39, 0.29) is 0 Å². The normalized spacial score (nSPS) is 11.6. The van der Waals surface area contributed by atoms with E-state index in [0.717, 1.165) is 21.8 Å². The Morgan fingerprint density at radius 2 is 1.17 bits per heavy atom. The maximum atomic E-state index is 4.71. The SMILES string of the molecule is Cc1c2ccccc2c(-c2ccnc3c2ccc2cccnc23)c2ccccc12. The Balaban J connectivity index is 1.85. The fourth-order valence-electron chi connectivity index (χ4n) is 4.61. The molecule has 0 saturated carbocycles. The van der Waals surface area contributed by atoms with Gasteiger partial charge in [0.2, 0.25) is 0 Å². The second-order valence-corrected chi connectivity index (χ2v) is 7.49. The second-order valence-electron chi connectivity index (χ2n) is 7.49. The molecule has 6 aromatic rings. The molecule has 2 heteroatoms. The van der Waals surface area contributed by atoms with E-state index in [1.165, 1.54) is 38.2 Å². The molecule has 29 heavy (non-hydrogen) atoms. The zero-order valence-electron chi connectivity index (χ0n) is 16.1. The molecule has 0 aliphatic rings. The number of fused-ring (bicyclic) bond motifs is 5. The van der Waals surface area contributed by atoms with E-state index in [1.54, 1.807) is 0 Å². The van der Waals surface area contributed by atoms with Crippen molar-refractivity contribution >= 4 is 43.4 Å². The van der Waals surface area contributed by atoms with Gasteiger partial charge in [-0.3, -0.25) is 9.97 Å². The monoisotopic (exact) mass is 370 g/mol. The van der Waals surface area contributed by atoms with Crippen LogP contribution in [0, 0.1) is 6.92 Å². The summed E-state index contributed by atoms with van der Waals surface area (Å²) in [4.78, 5) is 9.33. The molecule has 0 N–H and O–H groups in total. The lowest BCUT2D eigenvalue weighted by Gasteiger charge is -2.16. The van der Waals surface area contributed by atoms with Crippen LogP contribution in [0.15, 0.2) is 91.3 Å². The number of nitrogens with zero attached hydrogens (tertiary/aromatic N) is 2. The molecular formula is C27H18N2. The molecule has 0 saturated heterocycles. The van der Waals surface area contributed by atoms with E-state index in [9.17, 15) is 0 Å². The van der Waals surface area contributed by atoms with Gasteiger partial charge in [0.05, 0.1) is 11.0 Å². The Hall–Kier alpha value is -3.78. The van der Waals surface area contributed by atoms with E-state index in [2.05, 4.69) is 84.7 Å². The third-order valence-corrected chi connectivity index (χ3v) is 5.95. The van der Waals surface area contributed by atoms with Gasteiger partial charge in [0.25, 0.3) is 0 Å². The Labute approximate surface area is 168 Å². The fourth-order valence-corrected chi connectivity index (χ4v) is 4.61. The van der Waals surface area contributed by atoms with Crippen LogP contribution in [0.4, 0.5) is 0 Å². The molecule has 0 fully saturated rings. The average Bonchev–Trinajstić information content (AvgIpc) is 2.79. The molecule has 2 heterocycles. The third-order valence-electron chi connectivity index (χ3n) is 5.95. The lowest BCUT2D eigenvalue weighted by Crippen LogP contribution is -1.92. The number of hydrogen-bond donors (Lipinski definition) is 0. The van der Waals surface area contributed by atoms with Crippen LogP contribution in [0.3, 0.4) is 0 Å². The standard InChI is InChI=1S/C27H18N2/c1-17-19-8-2-4-10-21(19)25(22-11-5-3-9-20(17)22)23-14-16-29-27-24(23)13-12-18-7-6-15-28-26(18)27/h2-16H,1H3. The number of aryl methyl sites for hydroxylation is 1. The van der Waals surface area contributed by atoms with Crippen molar-refractivity contribution in [3.8, 4) is 11.1 Å². The van der Waals surface area contributed by atoms with Crippen LogP contribution in [-0.2, 0) is 0 Å². The highest BCUT2D eigenvalue weighted by Crippen LogP contribution is 2.41. The molecular weight excluding hydrogens is 352 g/mol. The molecule has 2 aromatic heterocycles. The van der Waals surface area contributed by atoms with Crippen LogP contribution >= 0.6 is 0 Å². The molecule has 0 unspecified atom stereocenters. The zero-order valence-corrected chi connectivity index (χ0v) is 16.1. The molecule has 0 atom stereocenters. The van der Waals surface area contributed by atoms with Gasteiger partial charge in [-0.2, -0.15) is 0 Å². The van der Waals surface area contributed by atoms with Gasteiger partial charge in [-0.05, 0) is 57.3 Å². The van der Waals surface area contributed by atoms with E-state index in [4.69, 9.17) is 4.98 Å². The van der Waals surface area contributed by atoms with Crippen molar-refractivity contribution in [3.63, 3.8) is 0 Å². The summed E-state index contributed by atoms with van der Waals surface area (Å²) < 4.78 is 0. The second kappa shape index (κ2) is 6.11. The van der Waals surface area contributed by atoms with E-state index in [0.29, 0.717) is 0 Å². The molecule has 0 spiro atoms. The van der Waals surface area contributed by atoms with Crippen molar-refractivity contribution in [1.82, 2.24) is 9.97 Å². The van der Waals surface area contributed by atoms with E-state index in [1.807, 2.05) is 18.5 Å². The number of rotatable bonds is 1. The van der Waals surface area contributed by atoms with Gasteiger partial charge in [-0.15, -0.1) is 0 Å². The quantitative estimate of drug-likeness (QED) is 0.229. The van der Waals surface area contributed by atoms with Crippen LogP contribution in [-0.4, -0.2) is 9.97 Å². The lowest BCUT2D eigenvalue weighted by molar-refractivity contribution is 1.37. The largest absolute Gasteiger partial charge is 0.254 e. The first kappa shape index (κ1) is 16.2. The van der Waals surface area contributed by atoms with Gasteiger partial charge < -0.3 is 0 Å². The summed E-state index contributed by atoms with van der Waals surface area (Å²) in [5.41, 5.74) is 5.70. The van der Waals surface area contributed by atoms with E-state index < -0.39 is 0 Å². The summed E-state index contributed by atoms with van der Waals surface area (Å²) in [6.45, 7) is 2.22. The number of aromatic nitrogens is 2. The molecule has 136 valence electrons. The van der Waals surface area contributed by atoms with Crippen molar-refractivity contribution in [2.45, 2.75) is 6.92 Å². The summed E-state index contributed by atoms with van der Waals surface area (Å²) in [6.07, 6.45) is 3.75. The minimum Gasteiger partial charge on any atom is -0.254 e. The van der Waals surface area contributed by atoms with Crippen molar-refractivity contribution < 1.29 is 0 Å². The predicted molar refractivity (Wildman–Crippen MR) is 122 cm³/mol. The molecule has 0 radical (unpaired) electrons. The fraction of sp³-hybridized carbons (Fsp3) is 0.0370. The summed E-state index contributed by atoms with van der Waals surface area (Å²) >= 11 is 0. The van der Waals surface area contributed by atoms with Crippen LogP contribution in [0.1, 0.15) is 5.56 Å². The van der Waals surface area contributed by atoms with Crippen molar-refractivity contribution in [2.75, 3.05) is 0 Å². The van der Waals surface area contributed by atoms with Gasteiger partial charge in [-0.25, -0.2) is 0 Å². The molecule has 4 aromatic carbocycles. The van der Waals surface area contributed by atoms with Gasteiger partial charge in [-0.1, -0.05) is 66.7 Å². The number of benzene rings is 4. The minimum absolute atomic E-state index is 0.951. The highest BCUT2D eigenvalue weighted by atomic mass is 14.7. The molecule has 0 amide bonds. The number of hydrogen-bond acceptors (Lipinski definition) is 2. The van der Waals surface area contributed by atoms with E-state index >= 15 is 0 Å². The first-order chi connectivity index (χ1) is 14.3. The Morgan fingerprint density at radius 1 is 0.517 bits per heavy atom. The maximum absolute atomic E-state index is 4.71. The summed E-state index contributed by atoms with van der Waals surface area (Å²) in [6, 6.07) is 27.9. The Morgan fingerprint density at radius 3 is 1.90 bits per heavy atom. The Kier molecular flexibility index (Phi) is 3.41. The van der Waals surface area contributed by atoms with Crippen LogP contribution in [0.5, 0.6) is 0 Å². The first-order valence-electron chi connectivity index (χ1n) is 9.86. The maximum Gasteiger partial charge on any atom is 0.0970 e. The zero-order chi connectivity index (χ0) is 19.4. The Bertz CT molecular complexity index is 1510. The van der Waals surface area contributed by atoms with Crippen LogP contribution < -0.4 is 0 Å². The highest BCUT2D eigenvalue weighted by molar-refractivity contribution is 6.19. The van der Waals surface area contributed by atoms with Gasteiger partial charge in [0.15, 0.2) is 0 Å². The van der Waals surface area contributed by atoms with Crippen LogP contribution in [0.25, 0.3) is 54.5 Å². The highest BCUT2D eigenvalue weighted by Gasteiger charge is 2.16. The topological polar surface area (TPSA) is 25.8 Å². The molecule has 2 nitrogen and oxygen atoms in total. The van der Waals surface area contributed by atoms with Crippen molar-refractivity contribution in [3.05, 3.63) is 96.8 Å². The lowest BCUT2D eigenvalue weighted by atomic mass is 9.87. The number of pyridine rings is 2. The summed E-state index contributed by atoms with van der Waals surface area (Å²) in [5.74, 6) is 0. The smallest absolute Gasteiger partial charge is 0.0970 e. The molecule has 0 aliphatic carbocycles. The summed E-state index contributed by atoms with van der Waals surface area (Å²) in [7, 11) is 0. The van der Waals surface area contributed by atoms with Gasteiger partial charge >= 0.3 is 0 Å². The van der Waals surface area contributed by atoms with Gasteiger partial charge in [0, 0.05) is 23.2 Å². The van der Waals surface area contributed by atoms with Crippen LogP contribution in [0.2, 0.25) is 0 Å². The summed E-state index contributed by atoms with van der Waals surface area (Å²) in [5, 5.41) is 7.39. The predicted octanol–water partition coefficient (Wildman–Crippen LogP) is 7.06. The average molecular weight is 370 g/mol. The van der Waals surface area contributed by atoms with Gasteiger partial charge in [0.1, 0.15) is 0 Å².